The Balaban J connectivity index is 1.36. The molecule has 1 N–H and O–H groups in total. The minimum absolute atomic E-state index is 0.169. The van der Waals surface area contributed by atoms with E-state index in [1.54, 1.807) is 0 Å². The molecule has 0 aromatic heterocycles. The second-order valence-corrected chi connectivity index (χ2v) is 8.49. The van der Waals surface area contributed by atoms with Gasteiger partial charge in [0.25, 0.3) is 0 Å². The number of carbonyl (C=O) groups is 2. The van der Waals surface area contributed by atoms with Gasteiger partial charge in [0.2, 0.25) is 11.8 Å². The van der Waals surface area contributed by atoms with E-state index < -0.39 is 0 Å². The highest BCUT2D eigenvalue weighted by Gasteiger charge is 2.27. The fourth-order valence-electron chi connectivity index (χ4n) is 4.91. The van der Waals surface area contributed by atoms with Gasteiger partial charge in [0, 0.05) is 44.6 Å². The van der Waals surface area contributed by atoms with E-state index in [0.29, 0.717) is 18.9 Å². The molecule has 2 saturated heterocycles. The smallest absolute Gasteiger partial charge is 0.222 e. The molecule has 3 fully saturated rings. The number of hydrogen-bond acceptors (Lipinski definition) is 3. The van der Waals surface area contributed by atoms with Crippen LogP contribution >= 0.6 is 0 Å². The Hall–Kier alpha value is -1.10. The van der Waals surface area contributed by atoms with Gasteiger partial charge in [-0.15, -0.1) is 0 Å². The largest absolute Gasteiger partial charge is 0.352 e. The SMILES string of the molecule is O=C(CCCN1CCCCC1=O)N[C@H]1CCCN(C2CCCCCC2)C1. The standard InChI is InChI=1S/C21H37N3O2/c25-20(12-8-15-23-14-6-5-13-21(23)26)22-18-9-7-16-24(17-18)19-10-3-1-2-4-11-19/h18-19H,1-17H2,(H,22,25)/t18-/m0/s1. The van der Waals surface area contributed by atoms with Gasteiger partial charge in [-0.25, -0.2) is 0 Å². The van der Waals surface area contributed by atoms with Crippen LogP contribution in [-0.2, 0) is 9.59 Å². The van der Waals surface area contributed by atoms with Crippen molar-refractivity contribution in [3.05, 3.63) is 0 Å². The van der Waals surface area contributed by atoms with Gasteiger partial charge in [-0.2, -0.15) is 0 Å². The predicted octanol–water partition coefficient (Wildman–Crippen LogP) is 3.08. The minimum Gasteiger partial charge on any atom is -0.352 e. The van der Waals surface area contributed by atoms with Gasteiger partial charge in [0.1, 0.15) is 0 Å². The number of nitrogens with one attached hydrogen (secondary N) is 1. The summed E-state index contributed by atoms with van der Waals surface area (Å²) in [5.74, 6) is 0.435. The number of carbonyl (C=O) groups excluding carboxylic acids is 2. The summed E-state index contributed by atoms with van der Waals surface area (Å²) < 4.78 is 0. The van der Waals surface area contributed by atoms with Crippen molar-refractivity contribution >= 4 is 11.8 Å². The van der Waals surface area contributed by atoms with Gasteiger partial charge >= 0.3 is 0 Å². The van der Waals surface area contributed by atoms with E-state index in [2.05, 4.69) is 10.2 Å². The quantitative estimate of drug-likeness (QED) is 0.738. The number of likely N-dealkylation sites (tertiary alicyclic amines) is 2. The fourth-order valence-corrected chi connectivity index (χ4v) is 4.91. The van der Waals surface area contributed by atoms with Crippen LogP contribution in [0.15, 0.2) is 0 Å². The van der Waals surface area contributed by atoms with Crippen LogP contribution in [-0.4, -0.2) is 59.9 Å². The van der Waals surface area contributed by atoms with Crippen LogP contribution in [0.1, 0.15) is 83.5 Å². The predicted molar refractivity (Wildman–Crippen MR) is 104 cm³/mol. The van der Waals surface area contributed by atoms with Gasteiger partial charge < -0.3 is 10.2 Å². The first-order valence-corrected chi connectivity index (χ1v) is 11.0. The maximum atomic E-state index is 12.3. The summed E-state index contributed by atoms with van der Waals surface area (Å²) in [4.78, 5) is 28.7. The maximum Gasteiger partial charge on any atom is 0.222 e. The highest BCUT2D eigenvalue weighted by molar-refractivity contribution is 5.77. The zero-order valence-electron chi connectivity index (χ0n) is 16.4. The Morgan fingerprint density at radius 2 is 1.77 bits per heavy atom. The first-order chi connectivity index (χ1) is 12.7. The summed E-state index contributed by atoms with van der Waals surface area (Å²) in [6.45, 7) is 3.85. The molecular formula is C21H37N3O2. The van der Waals surface area contributed by atoms with Crippen molar-refractivity contribution in [3.63, 3.8) is 0 Å². The molecule has 0 aromatic carbocycles. The molecule has 148 valence electrons. The van der Waals surface area contributed by atoms with E-state index in [1.165, 1.54) is 51.5 Å². The molecule has 2 amide bonds. The molecule has 0 radical (unpaired) electrons. The molecule has 0 spiro atoms. The monoisotopic (exact) mass is 363 g/mol. The zero-order valence-corrected chi connectivity index (χ0v) is 16.4. The van der Waals surface area contributed by atoms with Gasteiger partial charge in [-0.1, -0.05) is 25.7 Å². The summed E-state index contributed by atoms with van der Waals surface area (Å²) in [6.07, 6.45) is 14.7. The van der Waals surface area contributed by atoms with Crippen LogP contribution in [0.5, 0.6) is 0 Å². The van der Waals surface area contributed by atoms with Crippen molar-refractivity contribution < 1.29 is 9.59 Å². The van der Waals surface area contributed by atoms with Gasteiger partial charge in [-0.05, 0) is 51.5 Å². The average molecular weight is 364 g/mol. The second kappa shape index (κ2) is 10.3. The topological polar surface area (TPSA) is 52.7 Å². The lowest BCUT2D eigenvalue weighted by Gasteiger charge is -2.38. The van der Waals surface area contributed by atoms with Crippen LogP contribution in [0.4, 0.5) is 0 Å². The first kappa shape index (κ1) is 19.7. The van der Waals surface area contributed by atoms with Gasteiger partial charge in [-0.3, -0.25) is 14.5 Å². The summed E-state index contributed by atoms with van der Waals surface area (Å²) in [5, 5.41) is 3.27. The maximum absolute atomic E-state index is 12.3. The molecule has 0 aromatic rings. The number of hydrogen-bond donors (Lipinski definition) is 1. The van der Waals surface area contributed by atoms with Gasteiger partial charge in [0.05, 0.1) is 0 Å². The van der Waals surface area contributed by atoms with Crippen LogP contribution in [0, 0.1) is 0 Å². The fraction of sp³-hybridized carbons (Fsp3) is 0.905. The van der Waals surface area contributed by atoms with Crippen LogP contribution in [0.2, 0.25) is 0 Å². The van der Waals surface area contributed by atoms with Crippen LogP contribution in [0.3, 0.4) is 0 Å². The van der Waals surface area contributed by atoms with Crippen LogP contribution in [0.25, 0.3) is 0 Å². The minimum atomic E-state index is 0.169. The van der Waals surface area contributed by atoms with E-state index in [4.69, 9.17) is 0 Å². The van der Waals surface area contributed by atoms with E-state index in [9.17, 15) is 9.59 Å². The molecule has 1 atom stereocenters. The second-order valence-electron chi connectivity index (χ2n) is 8.49. The third-order valence-corrected chi connectivity index (χ3v) is 6.41. The molecular weight excluding hydrogens is 326 g/mol. The van der Waals surface area contributed by atoms with E-state index >= 15 is 0 Å². The lowest BCUT2D eigenvalue weighted by Crippen LogP contribution is -2.51. The van der Waals surface area contributed by atoms with Crippen LogP contribution < -0.4 is 5.32 Å². The molecule has 26 heavy (non-hydrogen) atoms. The Morgan fingerprint density at radius 3 is 2.54 bits per heavy atom. The average Bonchev–Trinajstić information content (AvgIpc) is 2.93. The Kier molecular flexibility index (Phi) is 7.78. The third kappa shape index (κ3) is 5.97. The molecule has 5 nitrogen and oxygen atoms in total. The van der Waals surface area contributed by atoms with E-state index in [-0.39, 0.29) is 11.8 Å². The Morgan fingerprint density at radius 1 is 0.962 bits per heavy atom. The highest BCUT2D eigenvalue weighted by Crippen LogP contribution is 2.24. The molecule has 2 heterocycles. The summed E-state index contributed by atoms with van der Waals surface area (Å²) >= 11 is 0. The molecule has 3 aliphatic rings. The number of rotatable bonds is 6. The molecule has 5 heteroatoms. The number of nitrogens with zero attached hydrogens (tertiary/aromatic N) is 2. The van der Waals surface area contributed by atoms with Crippen molar-refractivity contribution in [2.24, 2.45) is 0 Å². The van der Waals surface area contributed by atoms with Crippen molar-refractivity contribution in [2.45, 2.75) is 95.6 Å². The summed E-state index contributed by atoms with van der Waals surface area (Å²) in [7, 11) is 0. The summed E-state index contributed by atoms with van der Waals surface area (Å²) in [6, 6.07) is 1.05. The van der Waals surface area contributed by atoms with Gasteiger partial charge in [0.15, 0.2) is 0 Å². The molecule has 3 rings (SSSR count). The first-order valence-electron chi connectivity index (χ1n) is 11.0. The lowest BCUT2D eigenvalue weighted by atomic mass is 9.99. The van der Waals surface area contributed by atoms with E-state index in [1.807, 2.05) is 4.90 Å². The Labute approximate surface area is 158 Å². The molecule has 1 saturated carbocycles. The number of piperidine rings is 2. The molecule has 1 aliphatic carbocycles. The lowest BCUT2D eigenvalue weighted by molar-refractivity contribution is -0.133. The zero-order chi connectivity index (χ0) is 18.2. The highest BCUT2D eigenvalue weighted by atomic mass is 16.2. The van der Waals surface area contributed by atoms with E-state index in [0.717, 1.165) is 51.4 Å². The number of amides is 2. The van der Waals surface area contributed by atoms with Crippen molar-refractivity contribution in [3.8, 4) is 0 Å². The summed E-state index contributed by atoms with van der Waals surface area (Å²) in [5.41, 5.74) is 0. The third-order valence-electron chi connectivity index (χ3n) is 6.41. The normalized spacial score (nSPS) is 26.5. The van der Waals surface area contributed by atoms with Crippen molar-refractivity contribution in [1.82, 2.24) is 15.1 Å². The molecule has 2 aliphatic heterocycles. The Bertz CT molecular complexity index is 460. The van der Waals surface area contributed by atoms with Crippen molar-refractivity contribution in [1.29, 1.82) is 0 Å². The van der Waals surface area contributed by atoms with Crippen molar-refractivity contribution in [2.75, 3.05) is 26.2 Å². The molecule has 0 unspecified atom stereocenters. The molecule has 0 bridgehead atoms.